The summed E-state index contributed by atoms with van der Waals surface area (Å²) in [7, 11) is 0. The van der Waals surface area contributed by atoms with Gasteiger partial charge >= 0.3 is 0 Å². The number of hydrogen-bond donors (Lipinski definition) is 1. The zero-order valence-electron chi connectivity index (χ0n) is 17.8. The molecule has 1 saturated carbocycles. The van der Waals surface area contributed by atoms with Gasteiger partial charge in [0.1, 0.15) is 0 Å². The van der Waals surface area contributed by atoms with Crippen LogP contribution in [0.2, 0.25) is 0 Å². The molecule has 1 aliphatic carbocycles. The van der Waals surface area contributed by atoms with Crippen LogP contribution in [0.5, 0.6) is 0 Å². The molecular formula is C28H25N3O. The lowest BCUT2D eigenvalue weighted by Gasteiger charge is -2.20. The number of benzene rings is 2. The lowest BCUT2D eigenvalue weighted by Crippen LogP contribution is -2.25. The van der Waals surface area contributed by atoms with Crippen LogP contribution in [0.4, 0.5) is 0 Å². The van der Waals surface area contributed by atoms with Gasteiger partial charge in [0.25, 0.3) is 5.91 Å². The van der Waals surface area contributed by atoms with Crippen LogP contribution >= 0.6 is 0 Å². The summed E-state index contributed by atoms with van der Waals surface area (Å²) in [4.78, 5) is 21.0. The van der Waals surface area contributed by atoms with Crippen LogP contribution in [0.15, 0.2) is 97.6 Å². The van der Waals surface area contributed by atoms with Crippen LogP contribution in [0.3, 0.4) is 0 Å². The van der Waals surface area contributed by atoms with Gasteiger partial charge in [0.15, 0.2) is 0 Å². The first kappa shape index (κ1) is 20.1. The zero-order valence-corrected chi connectivity index (χ0v) is 17.8. The lowest BCUT2D eigenvalue weighted by atomic mass is 9.85. The molecule has 158 valence electrons. The molecule has 1 N–H and O–H groups in total. The molecule has 0 saturated heterocycles. The molecule has 0 aliphatic heterocycles. The summed E-state index contributed by atoms with van der Waals surface area (Å²) >= 11 is 0. The summed E-state index contributed by atoms with van der Waals surface area (Å²) in [6.07, 6.45) is 10.5. The van der Waals surface area contributed by atoms with Crippen molar-refractivity contribution in [3.63, 3.8) is 0 Å². The van der Waals surface area contributed by atoms with Crippen LogP contribution in [0, 0.1) is 0 Å². The Morgan fingerprint density at radius 3 is 2.09 bits per heavy atom. The Kier molecular flexibility index (Phi) is 5.75. The summed E-state index contributed by atoms with van der Waals surface area (Å²) in [6.45, 7) is 0. The van der Waals surface area contributed by atoms with Crippen molar-refractivity contribution in [2.24, 2.45) is 0 Å². The summed E-state index contributed by atoms with van der Waals surface area (Å²) < 4.78 is 0. The second-order valence-electron chi connectivity index (χ2n) is 8.31. The minimum absolute atomic E-state index is 0.0144. The van der Waals surface area contributed by atoms with E-state index in [4.69, 9.17) is 0 Å². The topological polar surface area (TPSA) is 54.9 Å². The normalized spacial score (nSPS) is 13.2. The van der Waals surface area contributed by atoms with Gasteiger partial charge in [-0.1, -0.05) is 48.5 Å². The van der Waals surface area contributed by atoms with Gasteiger partial charge in [-0.2, -0.15) is 0 Å². The van der Waals surface area contributed by atoms with Crippen molar-refractivity contribution in [1.29, 1.82) is 0 Å². The average Bonchev–Trinajstić information content (AvgIpc) is 3.68. The molecule has 0 atom stereocenters. The Morgan fingerprint density at radius 2 is 1.50 bits per heavy atom. The summed E-state index contributed by atoms with van der Waals surface area (Å²) in [6, 6.07) is 25.0. The number of rotatable bonds is 7. The molecule has 4 nitrogen and oxygen atoms in total. The molecule has 2 aromatic heterocycles. The van der Waals surface area contributed by atoms with E-state index in [9.17, 15) is 4.79 Å². The Balaban J connectivity index is 1.45. The molecule has 0 bridgehead atoms. The molecule has 0 spiro atoms. The minimum Gasteiger partial charge on any atom is -0.349 e. The predicted octanol–water partition coefficient (Wildman–Crippen LogP) is 5.41. The van der Waals surface area contributed by atoms with E-state index in [1.807, 2.05) is 48.8 Å². The molecule has 2 heterocycles. The van der Waals surface area contributed by atoms with Gasteiger partial charge in [0.05, 0.1) is 0 Å². The molecule has 1 amide bonds. The van der Waals surface area contributed by atoms with Gasteiger partial charge < -0.3 is 5.32 Å². The van der Waals surface area contributed by atoms with Crippen molar-refractivity contribution in [2.45, 2.75) is 31.2 Å². The quantitative estimate of drug-likeness (QED) is 0.436. The number of nitrogens with zero attached hydrogens (tertiary/aromatic N) is 2. The largest absolute Gasteiger partial charge is 0.349 e. The smallest absolute Gasteiger partial charge is 0.251 e. The van der Waals surface area contributed by atoms with Crippen LogP contribution in [-0.4, -0.2) is 21.9 Å². The van der Waals surface area contributed by atoms with Gasteiger partial charge in [-0.05, 0) is 71.3 Å². The number of carbonyl (C=O) groups is 1. The van der Waals surface area contributed by atoms with E-state index in [2.05, 4.69) is 51.7 Å². The third kappa shape index (κ3) is 4.59. The Morgan fingerprint density at radius 1 is 0.844 bits per heavy atom. The highest BCUT2D eigenvalue weighted by Gasteiger charge is 2.24. The Labute approximate surface area is 188 Å². The first-order valence-corrected chi connectivity index (χ1v) is 11.1. The van der Waals surface area contributed by atoms with Crippen LogP contribution in [0.25, 0.3) is 11.1 Å². The van der Waals surface area contributed by atoms with Gasteiger partial charge in [0.2, 0.25) is 0 Å². The minimum atomic E-state index is 0.0144. The SMILES string of the molecule is O=C(NC1CC1)c1ccc(-c2ccccc2CC(c2cccnc2)c2cccnc2)cc1. The predicted molar refractivity (Wildman–Crippen MR) is 126 cm³/mol. The highest BCUT2D eigenvalue weighted by Crippen LogP contribution is 2.32. The van der Waals surface area contributed by atoms with E-state index in [0.717, 1.165) is 24.8 Å². The van der Waals surface area contributed by atoms with Crippen molar-refractivity contribution >= 4 is 5.91 Å². The molecule has 1 aliphatic rings. The molecule has 0 unspecified atom stereocenters. The third-order valence-electron chi connectivity index (χ3n) is 5.99. The molecule has 4 aromatic rings. The Bertz CT molecular complexity index is 1150. The van der Waals surface area contributed by atoms with Gasteiger partial charge in [-0.3, -0.25) is 14.8 Å². The monoisotopic (exact) mass is 419 g/mol. The molecular weight excluding hydrogens is 394 g/mol. The Hall–Kier alpha value is -3.79. The number of amides is 1. The van der Waals surface area contributed by atoms with E-state index in [-0.39, 0.29) is 11.8 Å². The van der Waals surface area contributed by atoms with E-state index in [1.165, 1.54) is 22.3 Å². The fourth-order valence-corrected chi connectivity index (χ4v) is 4.09. The lowest BCUT2D eigenvalue weighted by molar-refractivity contribution is 0.0951. The molecule has 2 aromatic carbocycles. The second-order valence-corrected chi connectivity index (χ2v) is 8.31. The van der Waals surface area contributed by atoms with E-state index >= 15 is 0 Å². The maximum atomic E-state index is 12.3. The van der Waals surface area contributed by atoms with E-state index < -0.39 is 0 Å². The number of aromatic nitrogens is 2. The number of nitrogens with one attached hydrogen (secondary N) is 1. The van der Waals surface area contributed by atoms with Crippen LogP contribution in [0.1, 0.15) is 45.8 Å². The third-order valence-corrected chi connectivity index (χ3v) is 5.99. The highest BCUT2D eigenvalue weighted by atomic mass is 16.1. The van der Waals surface area contributed by atoms with Crippen LogP contribution < -0.4 is 5.32 Å². The number of pyridine rings is 2. The van der Waals surface area contributed by atoms with Crippen molar-refractivity contribution in [1.82, 2.24) is 15.3 Å². The summed E-state index contributed by atoms with van der Waals surface area (Å²) in [5, 5.41) is 3.05. The summed E-state index contributed by atoms with van der Waals surface area (Å²) in [5.41, 5.74) is 6.59. The molecule has 5 rings (SSSR count). The van der Waals surface area contributed by atoms with Crippen LogP contribution in [-0.2, 0) is 6.42 Å². The molecule has 32 heavy (non-hydrogen) atoms. The van der Waals surface area contributed by atoms with E-state index in [0.29, 0.717) is 11.6 Å². The maximum Gasteiger partial charge on any atom is 0.251 e. The highest BCUT2D eigenvalue weighted by molar-refractivity contribution is 5.95. The van der Waals surface area contributed by atoms with Gasteiger partial charge in [-0.15, -0.1) is 0 Å². The number of hydrogen-bond acceptors (Lipinski definition) is 3. The van der Waals surface area contributed by atoms with Crippen molar-refractivity contribution in [3.05, 3.63) is 120 Å². The van der Waals surface area contributed by atoms with E-state index in [1.54, 1.807) is 12.4 Å². The van der Waals surface area contributed by atoms with Gasteiger partial charge in [-0.25, -0.2) is 0 Å². The van der Waals surface area contributed by atoms with Gasteiger partial charge in [0, 0.05) is 42.3 Å². The summed E-state index contributed by atoms with van der Waals surface area (Å²) in [5.74, 6) is 0.169. The van der Waals surface area contributed by atoms with Crippen molar-refractivity contribution in [2.75, 3.05) is 0 Å². The molecule has 0 radical (unpaired) electrons. The standard InChI is InChI=1S/C28H25N3O/c32-28(31-25-13-14-25)21-11-9-20(10-12-21)26-8-2-1-5-22(26)17-27(23-6-3-15-29-18-23)24-7-4-16-30-19-24/h1-12,15-16,18-19,25,27H,13-14,17H2,(H,31,32). The maximum absolute atomic E-state index is 12.3. The second kappa shape index (κ2) is 9.15. The average molecular weight is 420 g/mol. The zero-order chi connectivity index (χ0) is 21.8. The fourth-order valence-electron chi connectivity index (χ4n) is 4.09. The first-order chi connectivity index (χ1) is 15.8. The number of carbonyl (C=O) groups excluding carboxylic acids is 1. The fraction of sp³-hybridized carbons (Fsp3) is 0.179. The molecule has 4 heteroatoms. The van der Waals surface area contributed by atoms with Crippen molar-refractivity contribution < 1.29 is 4.79 Å². The molecule has 1 fully saturated rings. The first-order valence-electron chi connectivity index (χ1n) is 11.1. The van der Waals surface area contributed by atoms with Crippen molar-refractivity contribution in [3.8, 4) is 11.1 Å².